The highest BCUT2D eigenvalue weighted by Gasteiger charge is 2.28. The van der Waals surface area contributed by atoms with Gasteiger partial charge in [0.2, 0.25) is 10.0 Å². The Morgan fingerprint density at radius 2 is 2.00 bits per heavy atom. The summed E-state index contributed by atoms with van der Waals surface area (Å²) < 4.78 is 31.2. The third-order valence-corrected chi connectivity index (χ3v) is 5.13. The van der Waals surface area contributed by atoms with Crippen molar-refractivity contribution in [2.45, 2.75) is 18.7 Å². The Bertz CT molecular complexity index is 652. The molecule has 0 aromatic heterocycles. The van der Waals surface area contributed by atoms with Crippen LogP contribution in [0.15, 0.2) is 29.7 Å². The molecule has 0 atom stereocenters. The molecule has 0 radical (unpaired) electrons. The Labute approximate surface area is 124 Å². The predicted octanol–water partition coefficient (Wildman–Crippen LogP) is 1.57. The molecule has 7 heteroatoms. The van der Waals surface area contributed by atoms with Gasteiger partial charge in [0.1, 0.15) is 12.3 Å². The monoisotopic (exact) mass is 313 g/mol. The third kappa shape index (κ3) is 3.62. The van der Waals surface area contributed by atoms with Gasteiger partial charge in [-0.1, -0.05) is 6.08 Å². The van der Waals surface area contributed by atoms with Crippen molar-refractivity contribution in [2.24, 2.45) is 0 Å². The summed E-state index contributed by atoms with van der Waals surface area (Å²) in [7, 11) is -2.41. The molecule has 0 saturated carbocycles. The molecule has 1 rings (SSSR count). The molecule has 0 heterocycles. The van der Waals surface area contributed by atoms with Crippen molar-refractivity contribution in [2.75, 3.05) is 20.2 Å². The zero-order chi connectivity index (χ0) is 16.2. The fraction of sp³-hybridized carbons (Fsp3) is 0.357. The fourth-order valence-corrected chi connectivity index (χ4v) is 3.59. The van der Waals surface area contributed by atoms with Crippen LogP contribution in [0.1, 0.15) is 11.1 Å². The Kier molecular flexibility index (Phi) is 5.51. The van der Waals surface area contributed by atoms with Gasteiger partial charge < -0.3 is 9.84 Å². The molecule has 0 amide bonds. The molecule has 0 unspecified atom stereocenters. The molecule has 0 aliphatic rings. The summed E-state index contributed by atoms with van der Waals surface area (Å²) in [4.78, 5) is 10.9. The van der Waals surface area contributed by atoms with Crippen LogP contribution in [0.2, 0.25) is 0 Å². The third-order valence-electron chi connectivity index (χ3n) is 3.17. The van der Waals surface area contributed by atoms with Crippen LogP contribution in [0.5, 0.6) is 5.75 Å². The van der Waals surface area contributed by atoms with Crippen LogP contribution in [0.4, 0.5) is 0 Å². The molecule has 0 saturated heterocycles. The van der Waals surface area contributed by atoms with Crippen molar-refractivity contribution < 1.29 is 23.1 Å². The van der Waals surface area contributed by atoms with E-state index in [1.54, 1.807) is 19.9 Å². The summed E-state index contributed by atoms with van der Waals surface area (Å²) in [5.74, 6) is -0.636. The number of nitrogens with zero attached hydrogens (tertiary/aromatic N) is 1. The van der Waals surface area contributed by atoms with E-state index in [1.807, 2.05) is 0 Å². The molecule has 0 aliphatic heterocycles. The molecule has 1 aromatic rings. The lowest BCUT2D eigenvalue weighted by Gasteiger charge is -2.21. The van der Waals surface area contributed by atoms with E-state index in [1.165, 1.54) is 19.3 Å². The van der Waals surface area contributed by atoms with Crippen LogP contribution in [0, 0.1) is 13.8 Å². The summed E-state index contributed by atoms with van der Waals surface area (Å²) in [6.45, 7) is 6.20. The number of rotatable bonds is 7. The van der Waals surface area contributed by atoms with E-state index >= 15 is 0 Å². The number of sulfonamides is 1. The van der Waals surface area contributed by atoms with Crippen LogP contribution in [0.3, 0.4) is 0 Å². The standard InChI is InChI=1S/C14H19NO5S/c1-5-8-15(9-14(16)17)21(18,19)13-7-6-12(20-4)10(2)11(13)3/h5-7H,1,8-9H2,2-4H3,(H,16,17). The molecule has 1 aromatic carbocycles. The van der Waals surface area contributed by atoms with Gasteiger partial charge in [0, 0.05) is 6.54 Å². The number of aliphatic carboxylic acids is 1. The minimum Gasteiger partial charge on any atom is -0.496 e. The van der Waals surface area contributed by atoms with Gasteiger partial charge in [0.25, 0.3) is 0 Å². The number of hydrogen-bond acceptors (Lipinski definition) is 4. The first-order valence-electron chi connectivity index (χ1n) is 6.22. The highest BCUT2D eigenvalue weighted by atomic mass is 32.2. The molecule has 0 aliphatic carbocycles. The van der Waals surface area contributed by atoms with Crippen molar-refractivity contribution >= 4 is 16.0 Å². The van der Waals surface area contributed by atoms with Crippen molar-refractivity contribution in [3.63, 3.8) is 0 Å². The first kappa shape index (κ1) is 17.2. The van der Waals surface area contributed by atoms with Gasteiger partial charge in [-0.25, -0.2) is 8.42 Å². The molecule has 6 nitrogen and oxygen atoms in total. The lowest BCUT2D eigenvalue weighted by atomic mass is 10.1. The van der Waals surface area contributed by atoms with E-state index in [0.717, 1.165) is 4.31 Å². The Morgan fingerprint density at radius 1 is 1.38 bits per heavy atom. The number of carboxylic acid groups (broad SMARTS) is 1. The van der Waals surface area contributed by atoms with Gasteiger partial charge in [0.15, 0.2) is 0 Å². The average molecular weight is 313 g/mol. The quantitative estimate of drug-likeness (QED) is 0.773. The van der Waals surface area contributed by atoms with Gasteiger partial charge >= 0.3 is 5.97 Å². The first-order chi connectivity index (χ1) is 9.75. The van der Waals surface area contributed by atoms with Gasteiger partial charge in [-0.2, -0.15) is 4.31 Å². The minimum absolute atomic E-state index is 0.0703. The number of methoxy groups -OCH3 is 1. The van der Waals surface area contributed by atoms with Crippen LogP contribution in [0.25, 0.3) is 0 Å². The van der Waals surface area contributed by atoms with E-state index in [-0.39, 0.29) is 11.4 Å². The Hall–Kier alpha value is -1.86. The zero-order valence-corrected chi connectivity index (χ0v) is 13.1. The summed E-state index contributed by atoms with van der Waals surface area (Å²) in [6, 6.07) is 2.98. The smallest absolute Gasteiger partial charge is 0.318 e. The van der Waals surface area contributed by atoms with E-state index in [0.29, 0.717) is 16.9 Å². The minimum atomic E-state index is -3.91. The van der Waals surface area contributed by atoms with Crippen molar-refractivity contribution in [3.8, 4) is 5.75 Å². The number of carbonyl (C=O) groups is 1. The number of hydrogen-bond donors (Lipinski definition) is 1. The van der Waals surface area contributed by atoms with Crippen LogP contribution in [-0.4, -0.2) is 44.0 Å². The largest absolute Gasteiger partial charge is 0.496 e. The lowest BCUT2D eigenvalue weighted by Crippen LogP contribution is -2.36. The van der Waals surface area contributed by atoms with Crippen molar-refractivity contribution in [1.29, 1.82) is 0 Å². The van der Waals surface area contributed by atoms with Gasteiger partial charge in [0.05, 0.1) is 12.0 Å². The molecular weight excluding hydrogens is 294 g/mol. The first-order valence-corrected chi connectivity index (χ1v) is 7.66. The second-order valence-electron chi connectivity index (χ2n) is 4.50. The van der Waals surface area contributed by atoms with Crippen LogP contribution < -0.4 is 4.74 Å². The van der Waals surface area contributed by atoms with Crippen LogP contribution in [-0.2, 0) is 14.8 Å². The molecule has 0 bridgehead atoms. The Morgan fingerprint density at radius 3 is 2.48 bits per heavy atom. The maximum absolute atomic E-state index is 12.6. The molecule has 0 fully saturated rings. The number of carboxylic acids is 1. The summed E-state index contributed by atoms with van der Waals surface area (Å²) in [5, 5.41) is 8.87. The van der Waals surface area contributed by atoms with E-state index in [9.17, 15) is 13.2 Å². The highest BCUT2D eigenvalue weighted by molar-refractivity contribution is 7.89. The fourth-order valence-electron chi connectivity index (χ4n) is 1.95. The summed E-state index contributed by atoms with van der Waals surface area (Å²) in [6.07, 6.45) is 1.35. The summed E-state index contributed by atoms with van der Waals surface area (Å²) in [5.41, 5.74) is 1.24. The zero-order valence-electron chi connectivity index (χ0n) is 12.3. The van der Waals surface area contributed by atoms with Gasteiger partial charge in [-0.3, -0.25) is 4.79 Å². The molecule has 1 N–H and O–H groups in total. The number of ether oxygens (including phenoxy) is 1. The predicted molar refractivity (Wildman–Crippen MR) is 79.1 cm³/mol. The second-order valence-corrected chi connectivity index (χ2v) is 6.40. The van der Waals surface area contributed by atoms with Crippen molar-refractivity contribution in [3.05, 3.63) is 35.9 Å². The highest BCUT2D eigenvalue weighted by Crippen LogP contribution is 2.28. The second kappa shape index (κ2) is 6.73. The summed E-state index contributed by atoms with van der Waals surface area (Å²) >= 11 is 0. The lowest BCUT2D eigenvalue weighted by molar-refractivity contribution is -0.137. The molecule has 0 spiro atoms. The molecular formula is C14H19NO5S. The number of benzene rings is 1. The van der Waals surface area contributed by atoms with E-state index in [4.69, 9.17) is 9.84 Å². The SMILES string of the molecule is C=CCN(CC(=O)O)S(=O)(=O)c1ccc(OC)c(C)c1C. The van der Waals surface area contributed by atoms with E-state index in [2.05, 4.69) is 6.58 Å². The normalized spacial score (nSPS) is 11.4. The van der Waals surface area contributed by atoms with Gasteiger partial charge in [-0.05, 0) is 37.1 Å². The maximum atomic E-state index is 12.6. The topological polar surface area (TPSA) is 83.9 Å². The van der Waals surface area contributed by atoms with Gasteiger partial charge in [-0.15, -0.1) is 6.58 Å². The maximum Gasteiger partial charge on any atom is 0.318 e. The Balaban J connectivity index is 3.37. The average Bonchev–Trinajstić information content (AvgIpc) is 2.40. The van der Waals surface area contributed by atoms with E-state index < -0.39 is 22.5 Å². The molecule has 21 heavy (non-hydrogen) atoms. The van der Waals surface area contributed by atoms with Crippen LogP contribution >= 0.6 is 0 Å². The van der Waals surface area contributed by atoms with Crippen molar-refractivity contribution in [1.82, 2.24) is 4.31 Å². The molecule has 116 valence electrons.